The number of halogens is 1. The van der Waals surface area contributed by atoms with Crippen molar-refractivity contribution in [2.75, 3.05) is 5.32 Å². The molecule has 2 heterocycles. The van der Waals surface area contributed by atoms with Gasteiger partial charge in [-0.05, 0) is 68.4 Å². The Kier molecular flexibility index (Phi) is 3.46. The molecule has 2 aliphatic rings. The summed E-state index contributed by atoms with van der Waals surface area (Å²) in [6, 6.07) is 6.90. The van der Waals surface area contributed by atoms with E-state index >= 15 is 0 Å². The van der Waals surface area contributed by atoms with Crippen LogP contribution >= 0.6 is 0 Å². The molecule has 0 radical (unpaired) electrons. The van der Waals surface area contributed by atoms with Gasteiger partial charge in [0.25, 0.3) is 0 Å². The Labute approximate surface area is 155 Å². The average molecular weight is 368 g/mol. The lowest BCUT2D eigenvalue weighted by Crippen LogP contribution is -2.48. The van der Waals surface area contributed by atoms with Gasteiger partial charge in [0, 0.05) is 12.2 Å². The van der Waals surface area contributed by atoms with Crippen molar-refractivity contribution in [3.8, 4) is 17.0 Å². The molecule has 3 N–H and O–H groups in total. The third-order valence-electron chi connectivity index (χ3n) is 5.55. The third kappa shape index (κ3) is 2.82. The molecule has 6 nitrogen and oxygen atoms in total. The summed E-state index contributed by atoms with van der Waals surface area (Å²) in [7, 11) is 0. The second-order valence-electron chi connectivity index (χ2n) is 8.05. The molecule has 2 saturated carbocycles. The van der Waals surface area contributed by atoms with Crippen LogP contribution in [0, 0.1) is 5.82 Å². The summed E-state index contributed by atoms with van der Waals surface area (Å²) in [6.07, 6.45) is 5.17. The highest BCUT2D eigenvalue weighted by Gasteiger charge is 2.38. The van der Waals surface area contributed by atoms with Crippen molar-refractivity contribution >= 4 is 11.5 Å². The maximum Gasteiger partial charge on any atom is 0.228 e. The Bertz CT molecular complexity index is 1010. The van der Waals surface area contributed by atoms with E-state index in [2.05, 4.69) is 15.5 Å². The number of phenolic OH excluding ortho intramolecular Hbond substituents is 1. The number of hydrogen-bond acceptors (Lipinski definition) is 5. The minimum absolute atomic E-state index is 0.0775. The molecule has 7 heteroatoms. The molecule has 3 aromatic rings. The lowest BCUT2D eigenvalue weighted by atomic mass is 9.77. The van der Waals surface area contributed by atoms with E-state index in [1.54, 1.807) is 10.5 Å². The van der Waals surface area contributed by atoms with E-state index in [-0.39, 0.29) is 17.4 Å². The zero-order valence-electron chi connectivity index (χ0n) is 15.0. The SMILES string of the molecule is CC1(O)CC(Nc2nnc(-c3c(O)cc(C4CC4)cc3F)c3cccn23)C1. The Morgan fingerprint density at radius 1 is 1.26 bits per heavy atom. The van der Waals surface area contributed by atoms with E-state index in [1.165, 1.54) is 6.07 Å². The predicted octanol–water partition coefficient (Wildman–Crippen LogP) is 3.44. The van der Waals surface area contributed by atoms with Gasteiger partial charge in [0.1, 0.15) is 17.3 Å². The smallest absolute Gasteiger partial charge is 0.228 e. The fourth-order valence-electron chi connectivity index (χ4n) is 4.02. The van der Waals surface area contributed by atoms with Crippen LogP contribution in [-0.4, -0.2) is 36.5 Å². The first kappa shape index (κ1) is 16.5. The Morgan fingerprint density at radius 2 is 2.04 bits per heavy atom. The first-order chi connectivity index (χ1) is 12.9. The van der Waals surface area contributed by atoms with Crippen molar-refractivity contribution in [3.05, 3.63) is 41.8 Å². The van der Waals surface area contributed by atoms with Crippen molar-refractivity contribution in [1.82, 2.24) is 14.6 Å². The summed E-state index contributed by atoms with van der Waals surface area (Å²) < 4.78 is 16.6. The van der Waals surface area contributed by atoms with E-state index in [1.807, 2.05) is 25.3 Å². The van der Waals surface area contributed by atoms with Gasteiger partial charge < -0.3 is 15.5 Å². The molecular weight excluding hydrogens is 347 g/mol. The van der Waals surface area contributed by atoms with Crippen LogP contribution in [0.5, 0.6) is 5.75 Å². The molecule has 0 aliphatic heterocycles. The molecular formula is C20H21FN4O2. The maximum atomic E-state index is 14.8. The van der Waals surface area contributed by atoms with Crippen LogP contribution in [0.1, 0.15) is 44.1 Å². The summed E-state index contributed by atoms with van der Waals surface area (Å²) in [5, 5.41) is 32.1. The third-order valence-corrected chi connectivity index (χ3v) is 5.55. The van der Waals surface area contributed by atoms with E-state index < -0.39 is 11.4 Å². The fraction of sp³-hybridized carbons (Fsp3) is 0.400. The normalized spacial score (nSPS) is 24.8. The molecule has 2 aromatic heterocycles. The zero-order valence-corrected chi connectivity index (χ0v) is 15.0. The van der Waals surface area contributed by atoms with Gasteiger partial charge >= 0.3 is 0 Å². The van der Waals surface area contributed by atoms with E-state index in [4.69, 9.17) is 0 Å². The van der Waals surface area contributed by atoms with Gasteiger partial charge in [-0.1, -0.05) is 0 Å². The standard InChI is InChI=1S/C20H21FN4O2/c1-20(27)9-13(10-20)22-19-24-23-18(15-3-2-6-25(15)19)17-14(21)7-12(8-16(17)26)11-4-5-11/h2-3,6-8,11,13,26-27H,4-5,9-10H2,1H3,(H,22,24). The first-order valence-electron chi connectivity index (χ1n) is 9.27. The molecule has 140 valence electrons. The largest absolute Gasteiger partial charge is 0.507 e. The number of rotatable bonds is 4. The molecule has 0 spiro atoms. The van der Waals surface area contributed by atoms with E-state index in [9.17, 15) is 14.6 Å². The van der Waals surface area contributed by atoms with Gasteiger partial charge in [-0.25, -0.2) is 4.39 Å². The van der Waals surface area contributed by atoms with Crippen molar-refractivity contribution in [2.45, 2.75) is 50.2 Å². The zero-order chi connectivity index (χ0) is 18.8. The number of anilines is 1. The number of benzene rings is 1. The number of fused-ring (bicyclic) bond motifs is 1. The van der Waals surface area contributed by atoms with Crippen LogP contribution < -0.4 is 5.32 Å². The van der Waals surface area contributed by atoms with Gasteiger partial charge in [-0.2, -0.15) is 0 Å². The number of phenols is 1. The summed E-state index contributed by atoms with van der Waals surface area (Å²) in [5.74, 6) is 0.300. The van der Waals surface area contributed by atoms with Gasteiger partial charge in [-0.3, -0.25) is 4.40 Å². The van der Waals surface area contributed by atoms with Crippen LogP contribution in [0.4, 0.5) is 10.3 Å². The van der Waals surface area contributed by atoms with Crippen LogP contribution in [-0.2, 0) is 0 Å². The quantitative estimate of drug-likeness (QED) is 0.657. The predicted molar refractivity (Wildman–Crippen MR) is 99.3 cm³/mol. The first-order valence-corrected chi connectivity index (χ1v) is 9.27. The molecule has 0 amide bonds. The van der Waals surface area contributed by atoms with Crippen molar-refractivity contribution in [3.63, 3.8) is 0 Å². The second-order valence-corrected chi connectivity index (χ2v) is 8.05. The van der Waals surface area contributed by atoms with Crippen LogP contribution in [0.3, 0.4) is 0 Å². The van der Waals surface area contributed by atoms with E-state index in [0.29, 0.717) is 35.9 Å². The van der Waals surface area contributed by atoms with Crippen LogP contribution in [0.2, 0.25) is 0 Å². The number of aromatic nitrogens is 3. The Hall–Kier alpha value is -2.67. The molecule has 1 aromatic carbocycles. The Balaban J connectivity index is 1.54. The Morgan fingerprint density at radius 3 is 2.70 bits per heavy atom. The van der Waals surface area contributed by atoms with Gasteiger partial charge in [0.2, 0.25) is 5.95 Å². The summed E-state index contributed by atoms with van der Waals surface area (Å²) in [4.78, 5) is 0. The lowest BCUT2D eigenvalue weighted by Gasteiger charge is -2.41. The summed E-state index contributed by atoms with van der Waals surface area (Å²) in [5.41, 5.74) is 1.24. The number of aromatic hydroxyl groups is 1. The van der Waals surface area contributed by atoms with Crippen LogP contribution in [0.15, 0.2) is 30.5 Å². The minimum atomic E-state index is -0.640. The molecule has 0 saturated heterocycles. The summed E-state index contributed by atoms with van der Waals surface area (Å²) in [6.45, 7) is 1.81. The van der Waals surface area contributed by atoms with Gasteiger partial charge in [0.15, 0.2) is 0 Å². The molecule has 5 rings (SSSR count). The number of aliphatic hydroxyl groups is 1. The van der Waals surface area contributed by atoms with Crippen molar-refractivity contribution < 1.29 is 14.6 Å². The summed E-state index contributed by atoms with van der Waals surface area (Å²) >= 11 is 0. The van der Waals surface area contributed by atoms with Crippen molar-refractivity contribution in [1.29, 1.82) is 0 Å². The van der Waals surface area contributed by atoms with Crippen LogP contribution in [0.25, 0.3) is 16.8 Å². The minimum Gasteiger partial charge on any atom is -0.507 e. The van der Waals surface area contributed by atoms with Gasteiger partial charge in [-0.15, -0.1) is 10.2 Å². The molecule has 2 fully saturated rings. The number of nitrogens with one attached hydrogen (secondary N) is 1. The molecule has 0 unspecified atom stereocenters. The molecule has 0 bridgehead atoms. The number of hydrogen-bond donors (Lipinski definition) is 3. The molecule has 0 atom stereocenters. The van der Waals surface area contributed by atoms with Crippen molar-refractivity contribution in [2.24, 2.45) is 0 Å². The lowest BCUT2D eigenvalue weighted by molar-refractivity contribution is -0.0236. The highest BCUT2D eigenvalue weighted by atomic mass is 19.1. The van der Waals surface area contributed by atoms with E-state index in [0.717, 1.165) is 18.4 Å². The fourth-order valence-corrected chi connectivity index (χ4v) is 4.02. The number of nitrogens with zero attached hydrogens (tertiary/aromatic N) is 3. The topological polar surface area (TPSA) is 82.7 Å². The molecule has 2 aliphatic carbocycles. The monoisotopic (exact) mass is 368 g/mol. The second kappa shape index (κ2) is 5.66. The molecule has 27 heavy (non-hydrogen) atoms. The highest BCUT2D eigenvalue weighted by Crippen LogP contribution is 2.44. The van der Waals surface area contributed by atoms with Gasteiger partial charge in [0.05, 0.1) is 16.7 Å². The highest BCUT2D eigenvalue weighted by molar-refractivity contribution is 5.82. The maximum absolute atomic E-state index is 14.8. The average Bonchev–Trinajstić information content (AvgIpc) is 3.31.